The minimum absolute atomic E-state index is 0.106. The third kappa shape index (κ3) is 3.98. The van der Waals surface area contributed by atoms with Crippen LogP contribution in [0.25, 0.3) is 10.9 Å². The van der Waals surface area contributed by atoms with Crippen LogP contribution in [0.2, 0.25) is 0 Å². The molecule has 3 atom stereocenters. The number of carbonyl (C=O) groups excluding carboxylic acids is 1. The third-order valence-corrected chi connectivity index (χ3v) is 8.63. The number of ether oxygens (including phenoxy) is 2. The van der Waals surface area contributed by atoms with Crippen molar-refractivity contribution in [1.29, 1.82) is 0 Å². The molecule has 6 heteroatoms. The van der Waals surface area contributed by atoms with Gasteiger partial charge >= 0.3 is 0 Å². The van der Waals surface area contributed by atoms with E-state index in [-0.39, 0.29) is 23.3 Å². The highest BCUT2D eigenvalue weighted by Gasteiger charge is 2.52. The van der Waals surface area contributed by atoms with Crippen LogP contribution in [0.15, 0.2) is 42.5 Å². The predicted octanol–water partition coefficient (Wildman–Crippen LogP) is 5.23. The molecule has 0 spiro atoms. The van der Waals surface area contributed by atoms with E-state index in [4.69, 9.17) is 9.47 Å². The van der Waals surface area contributed by atoms with Crippen LogP contribution in [0.1, 0.15) is 56.0 Å². The number of methoxy groups -OCH3 is 2. The number of hydrogen-bond acceptors (Lipinski definition) is 4. The second-order valence-electron chi connectivity index (χ2n) is 10.1. The van der Waals surface area contributed by atoms with E-state index in [2.05, 4.69) is 53.3 Å². The number of rotatable bonds is 7. The first-order valence-corrected chi connectivity index (χ1v) is 12.8. The van der Waals surface area contributed by atoms with Crippen LogP contribution in [-0.2, 0) is 17.8 Å². The van der Waals surface area contributed by atoms with E-state index in [0.717, 1.165) is 55.8 Å². The fourth-order valence-corrected chi connectivity index (χ4v) is 6.65. The molecule has 2 aromatic carbocycles. The van der Waals surface area contributed by atoms with Gasteiger partial charge in [0, 0.05) is 52.6 Å². The Morgan fingerprint density at radius 2 is 2.03 bits per heavy atom. The molecule has 6 nitrogen and oxygen atoms in total. The van der Waals surface area contributed by atoms with Crippen LogP contribution in [-0.4, -0.2) is 43.1 Å². The topological polar surface area (TPSA) is 66.6 Å². The molecule has 0 bridgehead atoms. The molecule has 35 heavy (non-hydrogen) atoms. The van der Waals surface area contributed by atoms with Gasteiger partial charge in [-0.3, -0.25) is 9.69 Å². The number of para-hydroxylation sites is 1. The summed E-state index contributed by atoms with van der Waals surface area (Å²) in [5, 5.41) is 4.56. The van der Waals surface area contributed by atoms with E-state index in [9.17, 15) is 4.79 Å². The number of aromatic nitrogens is 1. The van der Waals surface area contributed by atoms with Gasteiger partial charge in [0.1, 0.15) is 11.5 Å². The number of benzene rings is 2. The first-order chi connectivity index (χ1) is 17.0. The molecule has 1 aromatic heterocycles. The lowest BCUT2D eigenvalue weighted by molar-refractivity contribution is -0.135. The van der Waals surface area contributed by atoms with Crippen molar-refractivity contribution in [3.8, 4) is 11.5 Å². The zero-order valence-corrected chi connectivity index (χ0v) is 21.3. The second kappa shape index (κ2) is 9.57. The van der Waals surface area contributed by atoms with Gasteiger partial charge in [-0.2, -0.15) is 0 Å². The van der Waals surface area contributed by atoms with Gasteiger partial charge in [-0.15, -0.1) is 0 Å². The van der Waals surface area contributed by atoms with Gasteiger partial charge < -0.3 is 19.8 Å². The average molecular weight is 476 g/mol. The van der Waals surface area contributed by atoms with E-state index in [1.54, 1.807) is 14.2 Å². The lowest BCUT2D eigenvalue weighted by atomic mass is 9.61. The van der Waals surface area contributed by atoms with E-state index in [0.29, 0.717) is 6.54 Å². The zero-order chi connectivity index (χ0) is 24.6. The number of aromatic amines is 1. The number of carbonyl (C=O) groups is 1. The molecule has 0 saturated carbocycles. The first-order valence-electron chi connectivity index (χ1n) is 12.8. The lowest BCUT2D eigenvalue weighted by Crippen LogP contribution is -2.54. The number of nitrogens with zero attached hydrogens (tertiary/aromatic N) is 1. The molecule has 2 N–H and O–H groups in total. The number of fused-ring (bicyclic) bond motifs is 5. The van der Waals surface area contributed by atoms with Gasteiger partial charge in [0.25, 0.3) is 0 Å². The average Bonchev–Trinajstić information content (AvgIpc) is 3.29. The molecule has 3 heterocycles. The van der Waals surface area contributed by atoms with Gasteiger partial charge in [0.15, 0.2) is 0 Å². The van der Waals surface area contributed by atoms with E-state index in [1.807, 2.05) is 18.2 Å². The van der Waals surface area contributed by atoms with Crippen LogP contribution in [0.5, 0.6) is 11.5 Å². The maximum Gasteiger partial charge on any atom is 0.223 e. The van der Waals surface area contributed by atoms with Gasteiger partial charge in [-0.05, 0) is 56.0 Å². The van der Waals surface area contributed by atoms with E-state index in [1.165, 1.54) is 22.2 Å². The van der Waals surface area contributed by atoms with E-state index >= 15 is 0 Å². The molecular formula is C29H37N3O3. The standard InChI is InChI=1S/C29H37N3O3/c1-5-29(19(2)28(33)30-18-20-11-12-21(34-3)17-25(20)35-4)14-8-15-32-16-13-23-22-9-6-7-10-24(22)31-26(23)27(29)32/h6-7,9-12,17,19,27,31H,5,8,13-16,18H2,1-4H3,(H,30,33)/t19?,27-,29+/m1/s1. The number of hydrogen-bond donors (Lipinski definition) is 2. The minimum atomic E-state index is -0.123. The van der Waals surface area contributed by atoms with Crippen LogP contribution in [0.3, 0.4) is 0 Å². The third-order valence-electron chi connectivity index (χ3n) is 8.63. The van der Waals surface area contributed by atoms with E-state index < -0.39 is 0 Å². The first kappa shape index (κ1) is 23.7. The Labute approximate surface area is 208 Å². The zero-order valence-electron chi connectivity index (χ0n) is 21.3. The van der Waals surface area contributed by atoms with Crippen molar-refractivity contribution in [3.63, 3.8) is 0 Å². The van der Waals surface area contributed by atoms with Gasteiger partial charge in [-0.1, -0.05) is 32.0 Å². The Kier molecular flexibility index (Phi) is 6.49. The fourth-order valence-electron chi connectivity index (χ4n) is 6.65. The van der Waals surface area contributed by atoms with Crippen molar-refractivity contribution in [2.24, 2.45) is 11.3 Å². The largest absolute Gasteiger partial charge is 0.497 e. The van der Waals surface area contributed by atoms with Crippen LogP contribution in [0, 0.1) is 11.3 Å². The molecule has 5 rings (SSSR count). The number of piperidine rings is 1. The maximum atomic E-state index is 13.7. The van der Waals surface area contributed by atoms with Gasteiger partial charge in [-0.25, -0.2) is 0 Å². The van der Waals surface area contributed by atoms with Crippen LogP contribution >= 0.6 is 0 Å². The van der Waals surface area contributed by atoms with Crippen LogP contribution < -0.4 is 14.8 Å². The highest BCUT2D eigenvalue weighted by Crippen LogP contribution is 2.55. The maximum absolute atomic E-state index is 13.7. The van der Waals surface area contributed by atoms with Crippen molar-refractivity contribution in [2.45, 2.75) is 52.1 Å². The van der Waals surface area contributed by atoms with Crippen molar-refractivity contribution >= 4 is 16.8 Å². The minimum Gasteiger partial charge on any atom is -0.497 e. The second-order valence-corrected chi connectivity index (χ2v) is 10.1. The fraction of sp³-hybridized carbons (Fsp3) is 0.483. The summed E-state index contributed by atoms with van der Waals surface area (Å²) in [7, 11) is 3.28. The van der Waals surface area contributed by atoms with Crippen molar-refractivity contribution in [3.05, 3.63) is 59.3 Å². The van der Waals surface area contributed by atoms with Gasteiger partial charge in [0.2, 0.25) is 5.91 Å². The molecule has 0 aliphatic carbocycles. The molecule has 2 aliphatic rings. The quantitative estimate of drug-likeness (QED) is 0.491. The summed E-state index contributed by atoms with van der Waals surface area (Å²) < 4.78 is 10.8. The van der Waals surface area contributed by atoms with Crippen molar-refractivity contribution in [2.75, 3.05) is 27.3 Å². The lowest BCUT2D eigenvalue weighted by Gasteiger charge is -2.54. The molecule has 186 valence electrons. The predicted molar refractivity (Wildman–Crippen MR) is 139 cm³/mol. The SMILES string of the molecule is CC[C@@]1(C(C)C(=O)NCc2ccc(OC)cc2OC)CCCN2CCc3c([nH]c4ccccc34)[C@@H]21. The smallest absolute Gasteiger partial charge is 0.223 e. The van der Waals surface area contributed by atoms with Crippen molar-refractivity contribution < 1.29 is 14.3 Å². The summed E-state index contributed by atoms with van der Waals surface area (Å²) >= 11 is 0. The summed E-state index contributed by atoms with van der Waals surface area (Å²) in [6.07, 6.45) is 4.21. The molecule has 0 radical (unpaired) electrons. The molecule has 1 saturated heterocycles. The number of amides is 1. The molecule has 1 unspecified atom stereocenters. The highest BCUT2D eigenvalue weighted by atomic mass is 16.5. The molecule has 3 aromatic rings. The highest BCUT2D eigenvalue weighted by molar-refractivity contribution is 5.85. The molecular weight excluding hydrogens is 438 g/mol. The Bertz CT molecular complexity index is 1220. The summed E-state index contributed by atoms with van der Waals surface area (Å²) in [4.78, 5) is 20.1. The van der Waals surface area contributed by atoms with Crippen molar-refractivity contribution in [1.82, 2.24) is 15.2 Å². The Hall–Kier alpha value is -2.99. The summed E-state index contributed by atoms with van der Waals surface area (Å²) in [6.45, 7) is 6.97. The molecule has 1 amide bonds. The summed E-state index contributed by atoms with van der Waals surface area (Å²) in [5.41, 5.74) is 4.80. The summed E-state index contributed by atoms with van der Waals surface area (Å²) in [5.74, 6) is 1.45. The Balaban J connectivity index is 1.43. The molecule has 1 fully saturated rings. The normalized spacial score (nSPS) is 22.8. The van der Waals surface area contributed by atoms with Crippen LogP contribution in [0.4, 0.5) is 0 Å². The molecule has 2 aliphatic heterocycles. The Morgan fingerprint density at radius 3 is 2.80 bits per heavy atom. The van der Waals surface area contributed by atoms with Gasteiger partial charge in [0.05, 0.1) is 20.3 Å². The Morgan fingerprint density at radius 1 is 1.20 bits per heavy atom. The summed E-state index contributed by atoms with van der Waals surface area (Å²) in [6, 6.07) is 14.6. The monoisotopic (exact) mass is 475 g/mol. The number of nitrogens with one attached hydrogen (secondary N) is 2. The number of H-pyrrole nitrogens is 1.